The van der Waals surface area contributed by atoms with E-state index < -0.39 is 4.92 Å². The zero-order chi connectivity index (χ0) is 14.5. The molecule has 1 N–H and O–H groups in total. The summed E-state index contributed by atoms with van der Waals surface area (Å²) in [4.78, 5) is 20.8. The maximum Gasteiger partial charge on any atom is 0.302 e. The summed E-state index contributed by atoms with van der Waals surface area (Å²) >= 11 is 0. The van der Waals surface area contributed by atoms with E-state index in [9.17, 15) is 14.9 Å². The molecule has 0 spiro atoms. The molecule has 0 aliphatic carbocycles. The number of carbonyl (C=O) groups excluding carboxylic acids is 1. The van der Waals surface area contributed by atoms with Crippen molar-refractivity contribution in [3.05, 3.63) is 39.9 Å². The van der Waals surface area contributed by atoms with Crippen LogP contribution in [-0.2, 0) is 16.1 Å². The van der Waals surface area contributed by atoms with Crippen molar-refractivity contribution in [3.8, 4) is 0 Å². The van der Waals surface area contributed by atoms with E-state index in [1.54, 1.807) is 12.1 Å². The van der Waals surface area contributed by atoms with Crippen molar-refractivity contribution >= 4 is 11.7 Å². The lowest BCUT2D eigenvalue weighted by molar-refractivity contribution is -0.384. The van der Waals surface area contributed by atoms with Gasteiger partial charge in [-0.25, -0.2) is 0 Å². The monoisotopic (exact) mass is 266 g/mol. The van der Waals surface area contributed by atoms with E-state index in [0.717, 1.165) is 5.56 Å². The molecule has 0 amide bonds. The minimum atomic E-state index is -0.429. The Kier molecular flexibility index (Phi) is 5.00. The smallest absolute Gasteiger partial charge is 0.302 e. The number of esters is 1. The molecule has 0 radical (unpaired) electrons. The molecule has 104 valence electrons. The molecule has 6 nitrogen and oxygen atoms in total. The van der Waals surface area contributed by atoms with Gasteiger partial charge in [-0.3, -0.25) is 14.9 Å². The third-order valence-corrected chi connectivity index (χ3v) is 2.55. The van der Waals surface area contributed by atoms with Crippen molar-refractivity contribution in [1.82, 2.24) is 5.32 Å². The van der Waals surface area contributed by atoms with Crippen LogP contribution < -0.4 is 5.32 Å². The highest BCUT2D eigenvalue weighted by molar-refractivity contribution is 5.65. The number of hydrogen-bond donors (Lipinski definition) is 1. The fourth-order valence-corrected chi connectivity index (χ4v) is 1.41. The van der Waals surface area contributed by atoms with E-state index in [-0.39, 0.29) is 23.8 Å². The molecule has 0 atom stereocenters. The van der Waals surface area contributed by atoms with Crippen LogP contribution in [0.15, 0.2) is 24.3 Å². The lowest BCUT2D eigenvalue weighted by atomic mass is 10.1. The average Bonchev–Trinajstić information content (AvgIpc) is 2.35. The maximum absolute atomic E-state index is 10.8. The molecule has 0 aliphatic rings. The van der Waals surface area contributed by atoms with Crippen molar-refractivity contribution in [2.45, 2.75) is 32.9 Å². The minimum absolute atomic E-state index is 0.0722. The molecule has 0 unspecified atom stereocenters. The Hall–Kier alpha value is -1.95. The normalized spacial score (nSPS) is 11.1. The van der Waals surface area contributed by atoms with E-state index >= 15 is 0 Å². The lowest BCUT2D eigenvalue weighted by Gasteiger charge is -2.25. The third-order valence-electron chi connectivity index (χ3n) is 2.55. The van der Waals surface area contributed by atoms with Gasteiger partial charge in [0.25, 0.3) is 5.69 Å². The topological polar surface area (TPSA) is 81.5 Å². The molecule has 0 heterocycles. The van der Waals surface area contributed by atoms with Crippen LogP contribution >= 0.6 is 0 Å². The van der Waals surface area contributed by atoms with Crippen LogP contribution in [0, 0.1) is 10.1 Å². The van der Waals surface area contributed by atoms with Crippen molar-refractivity contribution in [2.75, 3.05) is 6.61 Å². The summed E-state index contributed by atoms with van der Waals surface area (Å²) in [7, 11) is 0. The number of nitrogens with zero attached hydrogens (tertiary/aromatic N) is 1. The second kappa shape index (κ2) is 6.29. The summed E-state index contributed by atoms with van der Waals surface area (Å²) in [6.07, 6.45) is 0. The molecule has 1 aromatic carbocycles. The Balaban J connectivity index is 2.51. The van der Waals surface area contributed by atoms with Crippen LogP contribution in [0.25, 0.3) is 0 Å². The van der Waals surface area contributed by atoms with Gasteiger partial charge in [0.15, 0.2) is 0 Å². The van der Waals surface area contributed by atoms with Gasteiger partial charge in [-0.2, -0.15) is 0 Å². The van der Waals surface area contributed by atoms with E-state index in [2.05, 4.69) is 5.32 Å². The molecule has 0 aliphatic heterocycles. The number of nitro groups is 1. The molecule has 1 aromatic rings. The standard InChI is InChI=1S/C13H18N2O4/c1-10(16)19-9-13(2,3)14-8-11-4-6-12(7-5-11)15(17)18/h4-7,14H,8-9H2,1-3H3. The molecular weight excluding hydrogens is 248 g/mol. The number of non-ortho nitro benzene ring substituents is 1. The second-order valence-corrected chi connectivity index (χ2v) is 4.94. The van der Waals surface area contributed by atoms with E-state index in [1.165, 1.54) is 19.1 Å². The van der Waals surface area contributed by atoms with Crippen LogP contribution in [0.5, 0.6) is 0 Å². The van der Waals surface area contributed by atoms with Crippen LogP contribution in [0.4, 0.5) is 5.69 Å². The van der Waals surface area contributed by atoms with Gasteiger partial charge >= 0.3 is 5.97 Å². The second-order valence-electron chi connectivity index (χ2n) is 4.94. The minimum Gasteiger partial charge on any atom is -0.464 e. The van der Waals surface area contributed by atoms with Crippen LogP contribution in [0.1, 0.15) is 26.3 Å². The lowest BCUT2D eigenvalue weighted by Crippen LogP contribution is -2.43. The molecule has 19 heavy (non-hydrogen) atoms. The fraction of sp³-hybridized carbons (Fsp3) is 0.462. The molecule has 0 aromatic heterocycles. The first-order valence-electron chi connectivity index (χ1n) is 5.92. The van der Waals surface area contributed by atoms with Crippen LogP contribution in [0.3, 0.4) is 0 Å². The predicted octanol–water partition coefficient (Wildman–Crippen LogP) is 2.03. The molecule has 0 bridgehead atoms. The maximum atomic E-state index is 10.8. The summed E-state index contributed by atoms with van der Waals surface area (Å²) in [5.74, 6) is -0.315. The number of hydrogen-bond acceptors (Lipinski definition) is 5. The molecular formula is C13H18N2O4. The van der Waals surface area contributed by atoms with Gasteiger partial charge in [-0.15, -0.1) is 0 Å². The van der Waals surface area contributed by atoms with Crippen molar-refractivity contribution in [1.29, 1.82) is 0 Å². The summed E-state index contributed by atoms with van der Waals surface area (Å²) in [6.45, 7) is 6.02. The number of benzene rings is 1. The highest BCUT2D eigenvalue weighted by atomic mass is 16.6. The summed E-state index contributed by atoms with van der Waals surface area (Å²) in [6, 6.07) is 6.34. The summed E-state index contributed by atoms with van der Waals surface area (Å²) < 4.78 is 4.95. The zero-order valence-electron chi connectivity index (χ0n) is 11.3. The molecule has 0 saturated heterocycles. The Morgan fingerprint density at radius 1 is 1.37 bits per heavy atom. The number of nitrogens with one attached hydrogen (secondary N) is 1. The number of ether oxygens (including phenoxy) is 1. The van der Waals surface area contributed by atoms with Crippen molar-refractivity contribution < 1.29 is 14.5 Å². The summed E-state index contributed by atoms with van der Waals surface area (Å²) in [5.41, 5.74) is 0.650. The Morgan fingerprint density at radius 3 is 2.42 bits per heavy atom. The quantitative estimate of drug-likeness (QED) is 0.484. The third kappa shape index (κ3) is 5.48. The van der Waals surface area contributed by atoms with Crippen molar-refractivity contribution in [3.63, 3.8) is 0 Å². The first-order valence-corrected chi connectivity index (χ1v) is 5.92. The number of nitro benzene ring substituents is 1. The largest absolute Gasteiger partial charge is 0.464 e. The highest BCUT2D eigenvalue weighted by Crippen LogP contribution is 2.13. The molecule has 6 heteroatoms. The number of rotatable bonds is 6. The van der Waals surface area contributed by atoms with E-state index in [0.29, 0.717) is 6.54 Å². The Bertz CT molecular complexity index is 454. The zero-order valence-corrected chi connectivity index (χ0v) is 11.3. The first kappa shape index (κ1) is 15.1. The Morgan fingerprint density at radius 2 is 1.95 bits per heavy atom. The molecule has 1 rings (SSSR count). The van der Waals surface area contributed by atoms with Gasteiger partial charge in [-0.1, -0.05) is 12.1 Å². The highest BCUT2D eigenvalue weighted by Gasteiger charge is 2.18. The van der Waals surface area contributed by atoms with Crippen molar-refractivity contribution in [2.24, 2.45) is 0 Å². The van der Waals surface area contributed by atoms with E-state index in [1.807, 2.05) is 13.8 Å². The number of carbonyl (C=O) groups is 1. The molecule has 0 saturated carbocycles. The van der Waals surface area contributed by atoms with Gasteiger partial charge in [-0.05, 0) is 19.4 Å². The predicted molar refractivity (Wildman–Crippen MR) is 70.6 cm³/mol. The SMILES string of the molecule is CC(=O)OCC(C)(C)NCc1ccc([N+](=O)[O-])cc1. The first-order chi connectivity index (χ1) is 8.80. The van der Waals surface area contributed by atoms with Gasteiger partial charge < -0.3 is 10.1 Å². The molecule has 0 fully saturated rings. The van der Waals surface area contributed by atoms with Gasteiger partial charge in [0.2, 0.25) is 0 Å². The van der Waals surface area contributed by atoms with Crippen LogP contribution in [-0.4, -0.2) is 23.0 Å². The average molecular weight is 266 g/mol. The van der Waals surface area contributed by atoms with Gasteiger partial charge in [0, 0.05) is 31.1 Å². The Labute approximate surface area is 111 Å². The fourth-order valence-electron chi connectivity index (χ4n) is 1.41. The van der Waals surface area contributed by atoms with Gasteiger partial charge in [0.1, 0.15) is 6.61 Å². The summed E-state index contributed by atoms with van der Waals surface area (Å²) in [5, 5.41) is 13.8. The van der Waals surface area contributed by atoms with Gasteiger partial charge in [0.05, 0.1) is 4.92 Å². The van der Waals surface area contributed by atoms with E-state index in [4.69, 9.17) is 4.74 Å². The van der Waals surface area contributed by atoms with Crippen LogP contribution in [0.2, 0.25) is 0 Å².